The van der Waals surface area contributed by atoms with Crippen molar-refractivity contribution in [1.82, 2.24) is 10.6 Å². The highest BCUT2D eigenvalue weighted by molar-refractivity contribution is 5.80. The number of nitrogens with one attached hydrogen (secondary N) is 2. The molecule has 24 atom stereocenters. The number of terminal acetylenes is 1. The third-order valence-corrected chi connectivity index (χ3v) is 30.2. The van der Waals surface area contributed by atoms with Gasteiger partial charge in [-0.3, -0.25) is 57.5 Å². The van der Waals surface area contributed by atoms with E-state index < -0.39 is 133 Å². The second kappa shape index (κ2) is 66.0. The molecule has 34 nitrogen and oxygen atoms in total. The van der Waals surface area contributed by atoms with Crippen LogP contribution in [-0.2, 0) is 152 Å². The summed E-state index contributed by atoms with van der Waals surface area (Å²) in [6, 6.07) is 0.250. The molecule has 0 bridgehead atoms. The van der Waals surface area contributed by atoms with E-state index in [0.717, 1.165) is 44.4 Å². The van der Waals surface area contributed by atoms with E-state index in [4.69, 9.17) is 101 Å². The quantitative estimate of drug-likeness (QED) is 0.0247. The first-order chi connectivity index (χ1) is 68.1. The highest BCUT2D eigenvalue weighted by Crippen LogP contribution is 2.68. The molecule has 0 aromatic carbocycles. The van der Waals surface area contributed by atoms with Gasteiger partial charge in [-0.1, -0.05) is 68.7 Å². The fourth-order valence-corrected chi connectivity index (χ4v) is 22.9. The van der Waals surface area contributed by atoms with E-state index in [1.807, 2.05) is 27.7 Å². The number of rotatable bonds is 73. The molecule has 4 saturated carbocycles. The Bertz CT molecular complexity index is 3570. The number of unbranched alkanes of at least 4 members (excludes halogenated alkanes) is 5. The van der Waals surface area contributed by atoms with Gasteiger partial charge in [0.05, 0.1) is 92.5 Å². The van der Waals surface area contributed by atoms with Crippen molar-refractivity contribution >= 4 is 70.8 Å². The summed E-state index contributed by atoms with van der Waals surface area (Å²) >= 11 is 0. The zero-order chi connectivity index (χ0) is 104. The maximum absolute atomic E-state index is 14.5. The molecule has 34 heteroatoms. The smallest absolute Gasteiger partial charge is 0.303 e. The summed E-state index contributed by atoms with van der Waals surface area (Å²) in [4.78, 5) is 153. The molecular weight excluding hydrogens is 1840 g/mol. The van der Waals surface area contributed by atoms with Crippen LogP contribution in [0.15, 0.2) is 0 Å². The Balaban J connectivity index is 0.893. The van der Waals surface area contributed by atoms with Crippen LogP contribution >= 0.6 is 0 Å². The summed E-state index contributed by atoms with van der Waals surface area (Å²) < 4.78 is 118. The van der Waals surface area contributed by atoms with Crippen molar-refractivity contribution in [3.8, 4) is 12.3 Å². The third-order valence-electron chi connectivity index (χ3n) is 30.2. The van der Waals surface area contributed by atoms with Crippen molar-refractivity contribution in [2.24, 2.45) is 69.5 Å². The van der Waals surface area contributed by atoms with Crippen LogP contribution in [0.1, 0.15) is 322 Å². The van der Waals surface area contributed by atoms with Crippen molar-refractivity contribution in [3.05, 3.63) is 0 Å². The predicted octanol–water partition coefficient (Wildman–Crippen LogP) is 14.4. The molecule has 2 N–H and O–H groups in total. The van der Waals surface area contributed by atoms with Gasteiger partial charge in [-0.15, -0.1) is 12.3 Å². The number of ketones is 4. The molecular formula is C108H178N2O32. The number of Topliss-reactive ketones (excluding diaryl/α,β-unsaturated/α-hetero) is 4. The molecule has 3 heterocycles. The lowest BCUT2D eigenvalue weighted by molar-refractivity contribution is -0.285. The SMILES string of the molecule is C#CCCCC(=O)N[C@H]1CC[C@@]2(C)C(CCC3C2CC[C@@]2(C)C3CC[C@@H]2[C@H](C)CCC(=O)NCCCCCC(=O)CC(COCCC(=O)CCCOCCCCCOC2OC(CC)C(OC(C)=O)C(OC(C)=O)C2C)(COCCC(=O)CCCOCCOCCOC2OC(CC)C(OC(C)=O)C(OC(C)=O)C2C)COCCC(=O)CCCOCCOCCOC2OC(CC)C(OC(C)=O)C(OC(C)=O)C2C)C1. The molecule has 2 amide bonds. The second-order valence-corrected chi connectivity index (χ2v) is 41.3. The van der Waals surface area contributed by atoms with Crippen LogP contribution in [0.4, 0.5) is 0 Å². The number of hydrogen-bond donors (Lipinski definition) is 2. The summed E-state index contributed by atoms with van der Waals surface area (Å²) in [6.45, 7) is 30.5. The van der Waals surface area contributed by atoms with Crippen molar-refractivity contribution in [3.63, 3.8) is 0 Å². The monoisotopic (exact) mass is 2020 g/mol. The number of esters is 6. The Morgan fingerprint density at radius 3 is 1.23 bits per heavy atom. The van der Waals surface area contributed by atoms with Crippen molar-refractivity contribution < 1.29 is 152 Å². The maximum Gasteiger partial charge on any atom is 0.303 e. The standard InChI is InChI=1S/C108H178N2O32/c1-17-21-24-36-96(122)110-83-43-48-106(15)82(67-83)38-39-88-90-41-40-89(107(90,16)49-44-91(88)106)72(5)37-42-95(121)109-50-26-22-25-32-87(120)68-108(69-128-56-45-84(117)33-29-52-123-51-27-23-28-55-131-103-73(6)97(134-76(9)111)100(137-79(12)114)92(18-2)140-103,70-129-57-46-85(118)34-30-53-124-59-61-126-63-65-132-104-74(7)98(135-77(10)112)101(138-80(13)115)93(19-3)141-104)71-130-58-47-86(119)35-31-54-125-60-62-127-64-66-133-105-75(8)99(136-78(11)113)102(139-81(14)116)94(20-4)142-105/h1,72-75,82-83,88-94,97-105H,18-71H2,2-16H3,(H,109,121)(H,110,122)/t72-,73?,74?,75?,82?,83+,88?,89-,90?,91?,92?,93?,94?,97?,98?,99?,100?,101?,102?,103?,104?,105?,106+,107-,108?/m1/s1. The van der Waals surface area contributed by atoms with E-state index in [1.165, 1.54) is 86.5 Å². The number of amides is 2. The minimum Gasteiger partial charge on any atom is -0.458 e. The molecule has 7 fully saturated rings. The van der Waals surface area contributed by atoms with Crippen LogP contribution in [0.25, 0.3) is 0 Å². The van der Waals surface area contributed by atoms with Gasteiger partial charge < -0.3 is 105 Å². The van der Waals surface area contributed by atoms with Crippen molar-refractivity contribution in [2.75, 3.05) is 132 Å². The maximum atomic E-state index is 14.5. The Morgan fingerprint density at radius 1 is 0.387 bits per heavy atom. The average molecular weight is 2020 g/mol. The molecule has 0 radical (unpaired) electrons. The van der Waals surface area contributed by atoms with Gasteiger partial charge in [-0.05, 0) is 188 Å². The van der Waals surface area contributed by atoms with Crippen LogP contribution < -0.4 is 10.6 Å². The number of carbonyl (C=O) groups is 12. The summed E-state index contributed by atoms with van der Waals surface area (Å²) in [6.07, 6.45) is 19.2. The summed E-state index contributed by atoms with van der Waals surface area (Å²) in [7, 11) is 0. The molecule has 19 unspecified atom stereocenters. The number of carbonyl (C=O) groups excluding carboxylic acids is 12. The molecule has 3 aliphatic heterocycles. The van der Waals surface area contributed by atoms with E-state index in [9.17, 15) is 57.5 Å². The van der Waals surface area contributed by atoms with E-state index in [2.05, 4.69) is 37.3 Å². The van der Waals surface area contributed by atoms with E-state index in [0.29, 0.717) is 158 Å². The average Bonchev–Trinajstić information content (AvgIpc) is 1.57. The molecule has 7 aliphatic rings. The molecule has 142 heavy (non-hydrogen) atoms. The van der Waals surface area contributed by atoms with Crippen LogP contribution in [0, 0.1) is 81.8 Å². The fraction of sp³-hybridized carbons (Fsp3) is 0.870. The lowest BCUT2D eigenvalue weighted by Gasteiger charge is -2.61. The first kappa shape index (κ1) is 122. The van der Waals surface area contributed by atoms with Gasteiger partial charge in [0.1, 0.15) is 59.8 Å². The molecule has 7 rings (SSSR count). The topological polar surface area (TPSA) is 414 Å². The molecule has 812 valence electrons. The largest absolute Gasteiger partial charge is 0.458 e. The van der Waals surface area contributed by atoms with E-state index in [1.54, 1.807) is 13.8 Å². The number of ether oxygens (including phenoxy) is 20. The van der Waals surface area contributed by atoms with Crippen LogP contribution in [0.5, 0.6) is 0 Å². The lowest BCUT2D eigenvalue weighted by atomic mass is 9.44. The molecule has 3 saturated heterocycles. The van der Waals surface area contributed by atoms with Crippen molar-refractivity contribution in [2.45, 2.75) is 402 Å². The minimum atomic E-state index is -1.10. The highest BCUT2D eigenvalue weighted by atomic mass is 16.7. The number of hydrogen-bond acceptors (Lipinski definition) is 32. The predicted molar refractivity (Wildman–Crippen MR) is 524 cm³/mol. The Labute approximate surface area is 845 Å². The van der Waals surface area contributed by atoms with Gasteiger partial charge in [0.15, 0.2) is 37.2 Å². The molecule has 4 aliphatic carbocycles. The fourth-order valence-electron chi connectivity index (χ4n) is 22.9. The summed E-state index contributed by atoms with van der Waals surface area (Å²) in [5.41, 5.74) is -0.539. The Morgan fingerprint density at radius 2 is 0.782 bits per heavy atom. The number of fused-ring (bicyclic) bond motifs is 5. The second-order valence-electron chi connectivity index (χ2n) is 41.3. The van der Waals surface area contributed by atoms with E-state index >= 15 is 0 Å². The molecule has 0 aromatic heterocycles. The minimum absolute atomic E-state index is 0.0230. The van der Waals surface area contributed by atoms with Crippen LogP contribution in [0.2, 0.25) is 0 Å². The summed E-state index contributed by atoms with van der Waals surface area (Å²) in [5, 5.41) is 6.56. The van der Waals surface area contributed by atoms with Crippen LogP contribution in [-0.4, -0.2) is 283 Å². The van der Waals surface area contributed by atoms with Crippen molar-refractivity contribution in [1.29, 1.82) is 0 Å². The van der Waals surface area contributed by atoms with Gasteiger partial charge >= 0.3 is 35.8 Å². The third kappa shape index (κ3) is 41.9. The van der Waals surface area contributed by atoms with Gasteiger partial charge in [-0.25, -0.2) is 0 Å². The summed E-state index contributed by atoms with van der Waals surface area (Å²) in [5.74, 6) is 2.04. The first-order valence-electron chi connectivity index (χ1n) is 53.6. The van der Waals surface area contributed by atoms with Gasteiger partial charge in [0, 0.05) is 181 Å². The first-order valence-corrected chi connectivity index (χ1v) is 53.6. The lowest BCUT2D eigenvalue weighted by Crippen LogP contribution is -2.57. The van der Waals surface area contributed by atoms with Gasteiger partial charge in [0.2, 0.25) is 11.8 Å². The Kier molecular flexibility index (Phi) is 56.9. The molecule has 0 spiro atoms. The van der Waals surface area contributed by atoms with Gasteiger partial charge in [0.25, 0.3) is 0 Å². The van der Waals surface area contributed by atoms with E-state index in [-0.39, 0.29) is 190 Å². The Hall–Kier alpha value is -6.56. The highest BCUT2D eigenvalue weighted by Gasteiger charge is 2.61. The van der Waals surface area contributed by atoms with Crippen LogP contribution in [0.3, 0.4) is 0 Å². The zero-order valence-electron chi connectivity index (χ0n) is 88.5. The normalized spacial score (nSPS) is 29.0. The molecule has 0 aromatic rings. The zero-order valence-corrected chi connectivity index (χ0v) is 88.5. The van der Waals surface area contributed by atoms with Gasteiger partial charge in [-0.2, -0.15) is 0 Å².